The van der Waals surface area contributed by atoms with E-state index in [9.17, 15) is 9.59 Å². The summed E-state index contributed by atoms with van der Waals surface area (Å²) < 4.78 is 1.39. The Bertz CT molecular complexity index is 405. The van der Waals surface area contributed by atoms with Gasteiger partial charge >= 0.3 is 5.97 Å². The van der Waals surface area contributed by atoms with Crippen LogP contribution >= 0.6 is 0 Å². The van der Waals surface area contributed by atoms with Crippen molar-refractivity contribution in [1.82, 2.24) is 15.1 Å². The first-order chi connectivity index (χ1) is 7.63. The zero-order valence-corrected chi connectivity index (χ0v) is 8.46. The van der Waals surface area contributed by atoms with Gasteiger partial charge in [0.1, 0.15) is 12.6 Å². The van der Waals surface area contributed by atoms with Gasteiger partial charge in [0.2, 0.25) is 5.91 Å². The van der Waals surface area contributed by atoms with Gasteiger partial charge in [-0.05, 0) is 6.07 Å². The van der Waals surface area contributed by atoms with Crippen LogP contribution < -0.4 is 5.32 Å². The van der Waals surface area contributed by atoms with Crippen molar-refractivity contribution in [1.29, 1.82) is 0 Å². The second-order valence-electron chi connectivity index (χ2n) is 3.07. The van der Waals surface area contributed by atoms with E-state index >= 15 is 0 Å². The van der Waals surface area contributed by atoms with Crippen LogP contribution in [0.5, 0.6) is 0 Å². The first-order valence-electron chi connectivity index (χ1n) is 4.56. The van der Waals surface area contributed by atoms with Crippen LogP contribution in [0.3, 0.4) is 0 Å². The SMILES string of the molecule is C#CCC(NC(=O)Cn1cccn1)C(=O)O. The van der Waals surface area contributed by atoms with Crippen LogP contribution in [0, 0.1) is 12.3 Å². The summed E-state index contributed by atoms with van der Waals surface area (Å²) >= 11 is 0. The molecule has 1 aromatic rings. The molecule has 0 saturated heterocycles. The third kappa shape index (κ3) is 3.46. The minimum atomic E-state index is -1.15. The number of nitrogens with zero attached hydrogens (tertiary/aromatic N) is 2. The highest BCUT2D eigenvalue weighted by Crippen LogP contribution is 1.92. The van der Waals surface area contributed by atoms with Crippen LogP contribution in [-0.4, -0.2) is 32.8 Å². The summed E-state index contributed by atoms with van der Waals surface area (Å²) in [5, 5.41) is 14.9. The van der Waals surface area contributed by atoms with Crippen LogP contribution in [-0.2, 0) is 16.1 Å². The summed E-state index contributed by atoms with van der Waals surface area (Å²) in [6.45, 7) is -0.0264. The molecule has 0 aliphatic heterocycles. The monoisotopic (exact) mass is 221 g/mol. The molecule has 0 saturated carbocycles. The van der Waals surface area contributed by atoms with Crippen LogP contribution in [0.2, 0.25) is 0 Å². The average Bonchev–Trinajstić information content (AvgIpc) is 2.69. The number of carbonyl (C=O) groups is 2. The molecule has 1 heterocycles. The highest BCUT2D eigenvalue weighted by Gasteiger charge is 2.18. The molecule has 0 bridgehead atoms. The van der Waals surface area contributed by atoms with E-state index in [0.29, 0.717) is 0 Å². The number of rotatable bonds is 5. The fourth-order valence-electron chi connectivity index (χ4n) is 1.10. The van der Waals surface area contributed by atoms with Gasteiger partial charge in [0.05, 0.1) is 0 Å². The summed E-state index contributed by atoms with van der Waals surface area (Å²) in [6.07, 6.45) is 8.09. The molecule has 1 aromatic heterocycles. The lowest BCUT2D eigenvalue weighted by atomic mass is 10.2. The maximum atomic E-state index is 11.4. The molecule has 0 aliphatic carbocycles. The first kappa shape index (κ1) is 11.8. The van der Waals surface area contributed by atoms with Crippen molar-refractivity contribution in [3.8, 4) is 12.3 Å². The topological polar surface area (TPSA) is 84.2 Å². The zero-order valence-electron chi connectivity index (χ0n) is 8.46. The molecule has 0 aliphatic rings. The lowest BCUT2D eigenvalue weighted by molar-refractivity contribution is -0.141. The molecule has 0 spiro atoms. The number of hydrogen-bond acceptors (Lipinski definition) is 3. The Balaban J connectivity index is 2.49. The maximum absolute atomic E-state index is 11.4. The van der Waals surface area contributed by atoms with Crippen molar-refractivity contribution in [2.24, 2.45) is 0 Å². The lowest BCUT2D eigenvalue weighted by Crippen LogP contribution is -2.42. The van der Waals surface area contributed by atoms with Gasteiger partial charge in [-0.1, -0.05) is 0 Å². The van der Waals surface area contributed by atoms with E-state index in [2.05, 4.69) is 16.3 Å². The summed E-state index contributed by atoms with van der Waals surface area (Å²) in [4.78, 5) is 22.1. The number of aromatic nitrogens is 2. The molecule has 1 atom stereocenters. The van der Waals surface area contributed by atoms with Crippen molar-refractivity contribution in [2.75, 3.05) is 0 Å². The third-order valence-corrected chi connectivity index (χ3v) is 1.82. The van der Waals surface area contributed by atoms with Crippen molar-refractivity contribution in [3.63, 3.8) is 0 Å². The van der Waals surface area contributed by atoms with E-state index in [0.717, 1.165) is 0 Å². The highest BCUT2D eigenvalue weighted by molar-refractivity contribution is 5.83. The number of hydrogen-bond donors (Lipinski definition) is 2. The van der Waals surface area contributed by atoms with Crippen molar-refractivity contribution < 1.29 is 14.7 Å². The molecule has 1 unspecified atom stereocenters. The number of nitrogens with one attached hydrogen (secondary N) is 1. The van der Waals surface area contributed by atoms with Gasteiger partial charge < -0.3 is 10.4 Å². The minimum absolute atomic E-state index is 0.0264. The number of carboxylic acids is 1. The summed E-state index contributed by atoms with van der Waals surface area (Å²) in [7, 11) is 0. The van der Waals surface area contributed by atoms with Gasteiger partial charge in [-0.15, -0.1) is 12.3 Å². The van der Waals surface area contributed by atoms with Gasteiger partial charge in [0.15, 0.2) is 0 Å². The van der Waals surface area contributed by atoms with Gasteiger partial charge in [-0.2, -0.15) is 5.10 Å². The first-order valence-corrected chi connectivity index (χ1v) is 4.56. The number of carbonyl (C=O) groups excluding carboxylic acids is 1. The Labute approximate surface area is 92.3 Å². The minimum Gasteiger partial charge on any atom is -0.480 e. The Morgan fingerprint density at radius 2 is 2.38 bits per heavy atom. The molecular formula is C10H11N3O3. The Morgan fingerprint density at radius 3 is 2.88 bits per heavy atom. The molecular weight excluding hydrogens is 210 g/mol. The Kier molecular flexibility index (Phi) is 4.09. The predicted molar refractivity (Wildman–Crippen MR) is 55.2 cm³/mol. The second kappa shape index (κ2) is 5.56. The number of amides is 1. The molecule has 6 heteroatoms. The fraction of sp³-hybridized carbons (Fsp3) is 0.300. The second-order valence-corrected chi connectivity index (χ2v) is 3.07. The van der Waals surface area contributed by atoms with Gasteiger partial charge in [-0.25, -0.2) is 4.79 Å². The third-order valence-electron chi connectivity index (χ3n) is 1.82. The van der Waals surface area contributed by atoms with E-state index < -0.39 is 17.9 Å². The largest absolute Gasteiger partial charge is 0.480 e. The summed E-state index contributed by atoms with van der Waals surface area (Å²) in [5.74, 6) is 0.610. The van der Waals surface area contributed by atoms with Gasteiger partial charge in [-0.3, -0.25) is 9.48 Å². The van der Waals surface area contributed by atoms with Gasteiger partial charge in [0, 0.05) is 18.8 Å². The normalized spacial score (nSPS) is 11.4. The van der Waals surface area contributed by atoms with E-state index in [1.165, 1.54) is 10.9 Å². The zero-order chi connectivity index (χ0) is 12.0. The molecule has 2 N–H and O–H groups in total. The lowest BCUT2D eigenvalue weighted by Gasteiger charge is -2.11. The average molecular weight is 221 g/mol. The maximum Gasteiger partial charge on any atom is 0.327 e. The molecule has 0 aromatic carbocycles. The molecule has 16 heavy (non-hydrogen) atoms. The molecule has 0 radical (unpaired) electrons. The van der Waals surface area contributed by atoms with Crippen molar-refractivity contribution in [2.45, 2.75) is 19.0 Å². The smallest absolute Gasteiger partial charge is 0.327 e. The Morgan fingerprint density at radius 1 is 1.62 bits per heavy atom. The molecule has 6 nitrogen and oxygen atoms in total. The standard InChI is InChI=1S/C10H11N3O3/c1-2-4-8(10(15)16)12-9(14)7-13-6-3-5-11-13/h1,3,5-6,8H,4,7H2,(H,12,14)(H,15,16). The van der Waals surface area contributed by atoms with E-state index in [1.54, 1.807) is 12.3 Å². The number of carboxylic acid groups (broad SMARTS) is 1. The number of aliphatic carboxylic acids is 1. The quantitative estimate of drug-likeness (QED) is 0.655. The fourth-order valence-corrected chi connectivity index (χ4v) is 1.10. The van der Waals surface area contributed by atoms with Crippen LogP contribution in [0.1, 0.15) is 6.42 Å². The Hall–Kier alpha value is -2.29. The highest BCUT2D eigenvalue weighted by atomic mass is 16.4. The van der Waals surface area contributed by atoms with Crippen LogP contribution in [0.25, 0.3) is 0 Å². The van der Waals surface area contributed by atoms with Crippen LogP contribution in [0.15, 0.2) is 18.5 Å². The molecule has 1 rings (SSSR count). The summed E-state index contributed by atoms with van der Waals surface area (Å²) in [5.41, 5.74) is 0. The molecule has 1 amide bonds. The van der Waals surface area contributed by atoms with Crippen molar-refractivity contribution >= 4 is 11.9 Å². The molecule has 0 fully saturated rings. The number of terminal acetylenes is 1. The van der Waals surface area contributed by atoms with E-state index in [1.807, 2.05) is 0 Å². The van der Waals surface area contributed by atoms with E-state index in [4.69, 9.17) is 11.5 Å². The van der Waals surface area contributed by atoms with Gasteiger partial charge in [0.25, 0.3) is 0 Å². The van der Waals surface area contributed by atoms with E-state index in [-0.39, 0.29) is 13.0 Å². The van der Waals surface area contributed by atoms with Crippen LogP contribution in [0.4, 0.5) is 0 Å². The summed E-state index contributed by atoms with van der Waals surface area (Å²) in [6, 6.07) is 0.622. The molecule has 84 valence electrons. The predicted octanol–water partition coefficient (Wildman–Crippen LogP) is -0.524. The van der Waals surface area contributed by atoms with Crippen molar-refractivity contribution in [3.05, 3.63) is 18.5 Å².